The number of hydrogen-bond acceptors (Lipinski definition) is 10. The lowest BCUT2D eigenvalue weighted by molar-refractivity contribution is -0.929. The van der Waals surface area contributed by atoms with E-state index in [2.05, 4.69) is 13.1 Å². The Bertz CT molecular complexity index is 816. The molecule has 0 saturated carbocycles. The van der Waals surface area contributed by atoms with Crippen molar-refractivity contribution in [2.45, 2.75) is 57.7 Å². The van der Waals surface area contributed by atoms with Gasteiger partial charge in [0.2, 0.25) is 0 Å². The molecule has 0 radical (unpaired) electrons. The van der Waals surface area contributed by atoms with Crippen LogP contribution in [0.25, 0.3) is 0 Å². The number of quaternary nitrogens is 1. The zero-order valence-corrected chi connectivity index (χ0v) is 27.0. The molecule has 0 saturated heterocycles. The van der Waals surface area contributed by atoms with E-state index >= 15 is 0 Å². The van der Waals surface area contributed by atoms with Crippen LogP contribution < -0.4 is 0 Å². The number of carbonyl (C=O) groups is 1. The first-order chi connectivity index (χ1) is 18.7. The fourth-order valence-electron chi connectivity index (χ4n) is 4.14. The fourth-order valence-corrected chi connectivity index (χ4v) is 6.27. The van der Waals surface area contributed by atoms with Crippen LogP contribution in [-0.2, 0) is 44.0 Å². The van der Waals surface area contributed by atoms with E-state index in [9.17, 15) is 26.2 Å². The highest BCUT2D eigenvalue weighted by Gasteiger charge is 2.27. The van der Waals surface area contributed by atoms with E-state index in [1.807, 2.05) is 0 Å². The second-order valence-electron chi connectivity index (χ2n) is 10.3. The van der Waals surface area contributed by atoms with Gasteiger partial charge in [-0.3, -0.25) is 9.35 Å². The van der Waals surface area contributed by atoms with Crippen molar-refractivity contribution in [2.24, 2.45) is 0 Å². The minimum Gasteiger partial charge on any atom is -0.748 e. The molecule has 0 aromatic carbocycles. The first-order valence-electron chi connectivity index (χ1n) is 14.0. The average Bonchev–Trinajstić information content (AvgIpc) is 2.83. The Morgan fingerprint density at radius 1 is 0.700 bits per heavy atom. The number of carboxylic acid groups (broad SMARTS) is 1. The lowest BCUT2D eigenvalue weighted by Crippen LogP contribution is -2.52. The first-order valence-corrected chi connectivity index (χ1v) is 20.3. The van der Waals surface area contributed by atoms with E-state index in [0.29, 0.717) is 89.6 Å². The molecule has 0 fully saturated rings. The Morgan fingerprint density at radius 2 is 1.15 bits per heavy atom. The molecule has 0 aromatic heterocycles. The molecule has 0 spiro atoms. The van der Waals surface area contributed by atoms with Crippen LogP contribution >= 0.6 is 0 Å². The summed E-state index contributed by atoms with van der Waals surface area (Å²) in [6.45, 7) is 10.2. The zero-order chi connectivity index (χ0) is 30.3. The van der Waals surface area contributed by atoms with Gasteiger partial charge < -0.3 is 33.1 Å². The predicted molar refractivity (Wildman–Crippen MR) is 153 cm³/mol. The van der Waals surface area contributed by atoms with Crippen molar-refractivity contribution in [3.8, 4) is 0 Å². The molecule has 0 amide bonds. The molecular weight excluding hydrogens is 586 g/mol. The molecule has 0 aliphatic carbocycles. The van der Waals surface area contributed by atoms with Crippen molar-refractivity contribution in [1.29, 1.82) is 0 Å². The van der Waals surface area contributed by atoms with Crippen molar-refractivity contribution < 1.29 is 59.3 Å². The summed E-state index contributed by atoms with van der Waals surface area (Å²) in [5.41, 5.74) is 0. The molecule has 40 heavy (non-hydrogen) atoms. The molecule has 0 bridgehead atoms. The van der Waals surface area contributed by atoms with Gasteiger partial charge in [-0.1, -0.05) is 19.1 Å². The van der Waals surface area contributed by atoms with E-state index < -0.39 is 40.8 Å². The number of aliphatic carboxylic acids is 1. The Balaban J connectivity index is 4.59. The maximum atomic E-state index is 11.1. The van der Waals surface area contributed by atoms with Crippen LogP contribution in [0.1, 0.15) is 38.5 Å². The molecule has 0 aliphatic rings. The van der Waals surface area contributed by atoms with Crippen molar-refractivity contribution in [3.05, 3.63) is 0 Å². The highest BCUT2D eigenvalue weighted by Crippen LogP contribution is 2.16. The number of hydrogen-bond donors (Lipinski definition) is 2. The normalized spacial score (nSPS) is 14.0. The van der Waals surface area contributed by atoms with Crippen LogP contribution in [0, 0.1) is 0 Å². The maximum absolute atomic E-state index is 11.1. The summed E-state index contributed by atoms with van der Waals surface area (Å²) in [5, 5.41) is 8.53. The lowest BCUT2D eigenvalue weighted by atomic mass is 10.2. The third-order valence-electron chi connectivity index (χ3n) is 6.26. The number of ether oxygens (including phenoxy) is 4. The Morgan fingerprint density at radius 3 is 1.60 bits per heavy atom. The van der Waals surface area contributed by atoms with E-state index in [1.165, 1.54) is 0 Å². The first kappa shape index (κ1) is 39.3. The number of rotatable bonds is 29. The number of unbranched alkanes of at least 4 members (excludes halogenated alkanes) is 2. The van der Waals surface area contributed by atoms with Gasteiger partial charge in [-0.05, 0) is 32.1 Å². The van der Waals surface area contributed by atoms with E-state index in [1.54, 1.807) is 0 Å². The molecule has 1 unspecified atom stereocenters. The predicted octanol–water partition coefficient (Wildman–Crippen LogP) is 1.21. The summed E-state index contributed by atoms with van der Waals surface area (Å²) in [6, 6.07) is 1.16. The smallest absolute Gasteiger partial charge is 0.305 e. The molecule has 240 valence electrons. The van der Waals surface area contributed by atoms with Crippen LogP contribution in [0.15, 0.2) is 0 Å². The average molecular weight is 638 g/mol. The van der Waals surface area contributed by atoms with Crippen LogP contribution in [0.4, 0.5) is 0 Å². The van der Waals surface area contributed by atoms with E-state index in [-0.39, 0.29) is 25.2 Å². The number of nitrogens with zero attached hydrogens (tertiary/aromatic N) is 1. The highest BCUT2D eigenvalue weighted by molar-refractivity contribution is 7.85. The van der Waals surface area contributed by atoms with Gasteiger partial charge in [0, 0.05) is 14.5 Å². The third-order valence-corrected chi connectivity index (χ3v) is 9.42. The summed E-state index contributed by atoms with van der Waals surface area (Å²) in [7, 11) is -9.07. The van der Waals surface area contributed by atoms with Crippen LogP contribution in [0.2, 0.25) is 19.1 Å². The SMILES string of the molecule is C[SiH](C)CCC[N+](CCCCS(=O)(=O)[O-])(CCCCS(=O)(=O)O)CCOCCOCCOCCOCCC(=O)O. The van der Waals surface area contributed by atoms with Gasteiger partial charge in [0.25, 0.3) is 10.1 Å². The zero-order valence-electron chi connectivity index (χ0n) is 24.2. The van der Waals surface area contributed by atoms with Crippen LogP contribution in [-0.4, -0.2) is 141 Å². The van der Waals surface area contributed by atoms with Crippen molar-refractivity contribution >= 4 is 35.0 Å². The molecule has 1 atom stereocenters. The van der Waals surface area contributed by atoms with E-state index in [0.717, 1.165) is 19.0 Å². The van der Waals surface area contributed by atoms with E-state index in [4.69, 9.17) is 28.6 Å². The van der Waals surface area contributed by atoms with Crippen LogP contribution in [0.5, 0.6) is 0 Å². The topological polar surface area (TPSA) is 186 Å². The summed E-state index contributed by atoms with van der Waals surface area (Å²) in [5.74, 6) is -1.60. The Hall–Kier alpha value is -0.693. The molecule has 13 nitrogen and oxygen atoms in total. The monoisotopic (exact) mass is 637 g/mol. The second kappa shape index (κ2) is 22.8. The van der Waals surface area contributed by atoms with Gasteiger partial charge in [0.15, 0.2) is 0 Å². The van der Waals surface area contributed by atoms with Crippen molar-refractivity contribution in [2.75, 3.05) is 90.5 Å². The molecule has 0 rings (SSSR count). The van der Waals surface area contributed by atoms with Crippen molar-refractivity contribution in [1.82, 2.24) is 0 Å². The van der Waals surface area contributed by atoms with Gasteiger partial charge in [-0.2, -0.15) is 8.42 Å². The second-order valence-corrected chi connectivity index (χ2v) is 16.8. The standard InChI is InChI=1S/C24H51NO12S2Si/c1-40(2)23-7-11-25(9-3-5-21-38(28,29)30,10-4-6-22-39(31,32)33)12-14-35-16-18-37-20-19-36-17-15-34-13-8-24(26)27/h40H,3-23H2,1-2H3,(H2-,26,27,28,29,30,31,32,33). The van der Waals surface area contributed by atoms with Crippen molar-refractivity contribution in [3.63, 3.8) is 0 Å². The minimum absolute atomic E-state index is 0.0393. The number of carboxylic acids is 1. The quantitative estimate of drug-likeness (QED) is 0.0518. The Labute approximate surface area is 242 Å². The van der Waals surface area contributed by atoms with Gasteiger partial charge in [0.1, 0.15) is 6.54 Å². The summed E-state index contributed by atoms with van der Waals surface area (Å²) in [4.78, 5) is 10.4. The summed E-state index contributed by atoms with van der Waals surface area (Å²) >= 11 is 0. The molecule has 2 N–H and O–H groups in total. The molecule has 0 heterocycles. The molecular formula is C24H51NO12S2Si. The molecule has 16 heteroatoms. The Kier molecular flexibility index (Phi) is 22.5. The molecule has 0 aliphatic heterocycles. The van der Waals surface area contributed by atoms with Gasteiger partial charge >= 0.3 is 5.97 Å². The van der Waals surface area contributed by atoms with Gasteiger partial charge in [-0.25, -0.2) is 8.42 Å². The summed E-state index contributed by atoms with van der Waals surface area (Å²) < 4.78 is 86.9. The highest BCUT2D eigenvalue weighted by atomic mass is 32.2. The van der Waals surface area contributed by atoms with Crippen LogP contribution in [0.3, 0.4) is 0 Å². The fraction of sp³-hybridized carbons (Fsp3) is 0.958. The third kappa shape index (κ3) is 27.5. The lowest BCUT2D eigenvalue weighted by Gasteiger charge is -2.39. The van der Waals surface area contributed by atoms with Gasteiger partial charge in [0.05, 0.1) is 94.8 Å². The molecule has 0 aromatic rings. The largest absolute Gasteiger partial charge is 0.748 e. The maximum Gasteiger partial charge on any atom is 0.305 e. The summed E-state index contributed by atoms with van der Waals surface area (Å²) in [6.07, 6.45) is 2.73. The van der Waals surface area contributed by atoms with Gasteiger partial charge in [-0.15, -0.1) is 0 Å². The minimum atomic E-state index is -4.27.